The lowest BCUT2D eigenvalue weighted by molar-refractivity contribution is -0.112. The smallest absolute Gasteiger partial charge is 0.248 e. The number of hydrogen-bond donors (Lipinski definition) is 2. The first kappa shape index (κ1) is 21.7. The van der Waals surface area contributed by atoms with E-state index in [1.54, 1.807) is 24.5 Å². The molecule has 0 atom stereocenters. The maximum absolute atomic E-state index is 14.0. The second-order valence-electron chi connectivity index (χ2n) is 6.52. The van der Waals surface area contributed by atoms with Gasteiger partial charge >= 0.3 is 0 Å². The number of halogens is 1. The third kappa shape index (κ3) is 5.99. The number of aromatic nitrogens is 4. The molecule has 0 saturated heterocycles. The van der Waals surface area contributed by atoms with E-state index in [1.165, 1.54) is 30.4 Å². The van der Waals surface area contributed by atoms with Crippen LogP contribution in [0.5, 0.6) is 0 Å². The Bertz CT molecular complexity index is 1040. The molecule has 160 valence electrons. The minimum atomic E-state index is -0.593. The van der Waals surface area contributed by atoms with Gasteiger partial charge in [0.2, 0.25) is 11.8 Å². The van der Waals surface area contributed by atoms with E-state index in [2.05, 4.69) is 20.6 Å². The number of carbonyl (C=O) groups is 2. The molecule has 0 fully saturated rings. The van der Waals surface area contributed by atoms with E-state index in [0.717, 1.165) is 13.1 Å². The summed E-state index contributed by atoms with van der Waals surface area (Å²) in [7, 11) is 0. The Morgan fingerprint density at radius 3 is 1.74 bits per heavy atom. The lowest BCUT2D eigenvalue weighted by Crippen LogP contribution is -2.11. The number of aryl methyl sites for hydroxylation is 2. The van der Waals surface area contributed by atoms with Crippen molar-refractivity contribution in [1.29, 1.82) is 0 Å². The highest BCUT2D eigenvalue weighted by Gasteiger charge is 2.06. The summed E-state index contributed by atoms with van der Waals surface area (Å²) >= 11 is 0. The van der Waals surface area contributed by atoms with Crippen molar-refractivity contribution in [3.05, 3.63) is 72.6 Å². The summed E-state index contributed by atoms with van der Waals surface area (Å²) in [5.41, 5.74) is 0.434. The molecule has 0 bridgehead atoms. The molecule has 2 heterocycles. The van der Waals surface area contributed by atoms with Crippen molar-refractivity contribution in [3.8, 4) is 0 Å². The zero-order valence-corrected chi connectivity index (χ0v) is 17.2. The summed E-state index contributed by atoms with van der Waals surface area (Å²) < 4.78 is 17.7. The van der Waals surface area contributed by atoms with Crippen LogP contribution in [-0.2, 0) is 22.7 Å². The number of anilines is 2. The molecular formula is C22H23FN6O2. The summed E-state index contributed by atoms with van der Waals surface area (Å²) in [5.74, 6) is -0.204. The standard InChI is InChI=1S/C22H23FN6O2/c1-3-28-11-9-24-19(28)5-7-21(30)26-17-13-16(23)14-18(15-17)27-22(31)8-6-20-25-10-12-29(20)4-2/h5-15H,3-4H2,1-2H3,(H,26,30)(H,27,31)/b7-5+,8-6+. The summed E-state index contributed by atoms with van der Waals surface area (Å²) in [6.45, 7) is 5.38. The molecule has 3 rings (SSSR count). The predicted molar refractivity (Wildman–Crippen MR) is 118 cm³/mol. The van der Waals surface area contributed by atoms with Gasteiger partial charge in [-0.1, -0.05) is 0 Å². The normalized spacial score (nSPS) is 11.3. The van der Waals surface area contributed by atoms with Gasteiger partial charge in [0.25, 0.3) is 0 Å². The highest BCUT2D eigenvalue weighted by molar-refractivity contribution is 6.04. The largest absolute Gasteiger partial charge is 0.332 e. The van der Waals surface area contributed by atoms with Crippen LogP contribution in [0.2, 0.25) is 0 Å². The van der Waals surface area contributed by atoms with Crippen LogP contribution in [0.25, 0.3) is 12.2 Å². The summed E-state index contributed by atoms with van der Waals surface area (Å²) in [6.07, 6.45) is 12.7. The molecule has 9 heteroatoms. The van der Waals surface area contributed by atoms with Crippen LogP contribution in [0.15, 0.2) is 55.1 Å². The van der Waals surface area contributed by atoms with Crippen molar-refractivity contribution in [1.82, 2.24) is 19.1 Å². The monoisotopic (exact) mass is 422 g/mol. The Labute approximate surface area is 179 Å². The average molecular weight is 422 g/mol. The molecule has 31 heavy (non-hydrogen) atoms. The molecule has 0 saturated carbocycles. The van der Waals surface area contributed by atoms with Gasteiger partial charge in [0.15, 0.2) is 0 Å². The number of carbonyl (C=O) groups excluding carboxylic acids is 2. The molecule has 0 aliphatic heterocycles. The van der Waals surface area contributed by atoms with E-state index in [-0.39, 0.29) is 11.4 Å². The molecule has 0 radical (unpaired) electrons. The van der Waals surface area contributed by atoms with Crippen molar-refractivity contribution >= 4 is 35.3 Å². The fourth-order valence-electron chi connectivity index (χ4n) is 2.90. The van der Waals surface area contributed by atoms with Crippen LogP contribution >= 0.6 is 0 Å². The first-order valence-electron chi connectivity index (χ1n) is 9.79. The Morgan fingerprint density at radius 1 is 0.871 bits per heavy atom. The number of benzene rings is 1. The second-order valence-corrected chi connectivity index (χ2v) is 6.52. The maximum atomic E-state index is 14.0. The van der Waals surface area contributed by atoms with Crippen LogP contribution in [0.4, 0.5) is 15.8 Å². The van der Waals surface area contributed by atoms with Crippen molar-refractivity contribution < 1.29 is 14.0 Å². The SMILES string of the molecule is CCn1ccnc1/C=C/C(=O)Nc1cc(F)cc(NC(=O)/C=C/c2nccn2CC)c1. The van der Waals surface area contributed by atoms with E-state index >= 15 is 0 Å². The van der Waals surface area contributed by atoms with Gasteiger partial charge in [0.05, 0.1) is 0 Å². The van der Waals surface area contributed by atoms with E-state index in [4.69, 9.17) is 0 Å². The lowest BCUT2D eigenvalue weighted by atomic mass is 10.2. The van der Waals surface area contributed by atoms with Crippen LogP contribution < -0.4 is 10.6 Å². The van der Waals surface area contributed by atoms with Gasteiger partial charge in [0.1, 0.15) is 17.5 Å². The van der Waals surface area contributed by atoms with E-state index < -0.39 is 17.6 Å². The van der Waals surface area contributed by atoms with E-state index in [9.17, 15) is 14.0 Å². The molecule has 0 unspecified atom stereocenters. The van der Waals surface area contributed by atoms with Gasteiger partial charge in [0, 0.05) is 61.4 Å². The quantitative estimate of drug-likeness (QED) is 0.543. The molecule has 0 aliphatic rings. The van der Waals surface area contributed by atoms with Crippen molar-refractivity contribution in [3.63, 3.8) is 0 Å². The first-order valence-corrected chi connectivity index (χ1v) is 9.79. The van der Waals surface area contributed by atoms with Gasteiger partial charge in [-0.15, -0.1) is 0 Å². The van der Waals surface area contributed by atoms with Gasteiger partial charge in [-0.2, -0.15) is 0 Å². The van der Waals surface area contributed by atoms with Crippen LogP contribution in [0.1, 0.15) is 25.5 Å². The number of hydrogen-bond acceptors (Lipinski definition) is 4. The molecule has 3 aromatic rings. The van der Waals surface area contributed by atoms with Gasteiger partial charge in [-0.25, -0.2) is 14.4 Å². The number of amides is 2. The third-order valence-electron chi connectivity index (χ3n) is 4.38. The minimum Gasteiger partial charge on any atom is -0.332 e. The van der Waals surface area contributed by atoms with E-state index in [0.29, 0.717) is 11.6 Å². The fraction of sp³-hybridized carbons (Fsp3) is 0.182. The number of imidazole rings is 2. The molecule has 8 nitrogen and oxygen atoms in total. The average Bonchev–Trinajstić information content (AvgIpc) is 3.38. The number of rotatable bonds is 8. The van der Waals surface area contributed by atoms with Crippen molar-refractivity contribution in [2.45, 2.75) is 26.9 Å². The minimum absolute atomic E-state index is 0.217. The Balaban J connectivity index is 1.64. The van der Waals surface area contributed by atoms with Crippen LogP contribution in [-0.4, -0.2) is 30.9 Å². The predicted octanol–water partition coefficient (Wildman–Crippen LogP) is 3.56. The summed E-state index contributed by atoms with van der Waals surface area (Å²) in [5, 5.41) is 5.16. The maximum Gasteiger partial charge on any atom is 0.248 e. The number of nitrogens with zero attached hydrogens (tertiary/aromatic N) is 4. The number of nitrogens with one attached hydrogen (secondary N) is 2. The van der Waals surface area contributed by atoms with E-state index in [1.807, 2.05) is 35.4 Å². The van der Waals surface area contributed by atoms with Crippen molar-refractivity contribution in [2.24, 2.45) is 0 Å². The summed E-state index contributed by atoms with van der Waals surface area (Å²) in [4.78, 5) is 32.7. The zero-order chi connectivity index (χ0) is 22.2. The van der Waals surface area contributed by atoms with Gasteiger partial charge < -0.3 is 19.8 Å². The van der Waals surface area contributed by atoms with Gasteiger partial charge in [-0.05, 0) is 44.2 Å². The molecule has 0 aliphatic carbocycles. The molecule has 2 amide bonds. The Hall–Kier alpha value is -4.01. The van der Waals surface area contributed by atoms with Crippen LogP contribution in [0.3, 0.4) is 0 Å². The highest BCUT2D eigenvalue weighted by Crippen LogP contribution is 2.18. The first-order chi connectivity index (χ1) is 15.0. The Kier molecular flexibility index (Phi) is 7.10. The third-order valence-corrected chi connectivity index (χ3v) is 4.38. The van der Waals surface area contributed by atoms with Crippen LogP contribution in [0, 0.1) is 5.82 Å². The van der Waals surface area contributed by atoms with Gasteiger partial charge in [-0.3, -0.25) is 9.59 Å². The topological polar surface area (TPSA) is 93.8 Å². The molecule has 2 N–H and O–H groups in total. The second kappa shape index (κ2) is 10.1. The molecule has 2 aromatic heterocycles. The fourth-order valence-corrected chi connectivity index (χ4v) is 2.90. The molecule has 0 spiro atoms. The van der Waals surface area contributed by atoms with Crippen molar-refractivity contribution in [2.75, 3.05) is 10.6 Å². The highest BCUT2D eigenvalue weighted by atomic mass is 19.1. The molecule has 1 aromatic carbocycles. The zero-order valence-electron chi connectivity index (χ0n) is 17.2. The lowest BCUT2D eigenvalue weighted by Gasteiger charge is -2.07. The molecular weight excluding hydrogens is 399 g/mol. The summed E-state index contributed by atoms with van der Waals surface area (Å²) in [6, 6.07) is 3.81. The Morgan fingerprint density at radius 2 is 1.32 bits per heavy atom.